The van der Waals surface area contributed by atoms with Crippen LogP contribution in [-0.4, -0.2) is 37.3 Å². The number of rotatable bonds is 15. The van der Waals surface area contributed by atoms with Crippen molar-refractivity contribution < 1.29 is 19.1 Å². The highest BCUT2D eigenvalue weighted by Gasteiger charge is 2.51. The van der Waals surface area contributed by atoms with Gasteiger partial charge >= 0.3 is 0 Å². The van der Waals surface area contributed by atoms with Crippen LogP contribution in [0.15, 0.2) is 24.3 Å². The molecule has 5 rings (SSSR count). The SMILES string of the molecule is C=C(CC)C(=O)c1ccc(OCC(=O)NCCCCCCNC(=O)CC23CC4CC(CC(C4)C2)C3)c(Cl)c1Cl. The van der Waals surface area contributed by atoms with E-state index in [4.69, 9.17) is 27.9 Å². The molecular formula is C31H42Cl2N2O4. The highest BCUT2D eigenvalue weighted by Crippen LogP contribution is 2.61. The zero-order valence-electron chi connectivity index (χ0n) is 23.1. The summed E-state index contributed by atoms with van der Waals surface area (Å²) >= 11 is 12.5. The van der Waals surface area contributed by atoms with E-state index < -0.39 is 0 Å². The van der Waals surface area contributed by atoms with Crippen molar-refractivity contribution in [2.24, 2.45) is 23.2 Å². The molecule has 39 heavy (non-hydrogen) atoms. The Labute approximate surface area is 242 Å². The van der Waals surface area contributed by atoms with Crippen molar-refractivity contribution in [1.82, 2.24) is 10.6 Å². The summed E-state index contributed by atoms with van der Waals surface area (Å²) in [5.41, 5.74) is 1.01. The number of amides is 2. The van der Waals surface area contributed by atoms with Crippen molar-refractivity contribution in [3.63, 3.8) is 0 Å². The van der Waals surface area contributed by atoms with Crippen LogP contribution < -0.4 is 15.4 Å². The Morgan fingerprint density at radius 2 is 1.46 bits per heavy atom. The van der Waals surface area contributed by atoms with Gasteiger partial charge in [-0.3, -0.25) is 14.4 Å². The Bertz CT molecular complexity index is 1050. The first-order valence-corrected chi connectivity index (χ1v) is 15.3. The van der Waals surface area contributed by atoms with Crippen molar-refractivity contribution in [2.75, 3.05) is 19.7 Å². The lowest BCUT2D eigenvalue weighted by Crippen LogP contribution is -2.48. The van der Waals surface area contributed by atoms with Crippen molar-refractivity contribution in [3.05, 3.63) is 39.9 Å². The Balaban J connectivity index is 1.05. The number of allylic oxidation sites excluding steroid dienone is 1. The van der Waals surface area contributed by atoms with Gasteiger partial charge in [-0.1, -0.05) is 49.5 Å². The number of hydrogen-bond donors (Lipinski definition) is 2. The van der Waals surface area contributed by atoms with Gasteiger partial charge in [0.25, 0.3) is 5.91 Å². The van der Waals surface area contributed by atoms with E-state index in [0.717, 1.165) is 56.4 Å². The van der Waals surface area contributed by atoms with Crippen molar-refractivity contribution in [3.8, 4) is 5.75 Å². The fourth-order valence-electron chi connectivity index (χ4n) is 7.33. The van der Waals surface area contributed by atoms with Gasteiger partial charge in [0.2, 0.25) is 5.91 Å². The zero-order chi connectivity index (χ0) is 28.0. The summed E-state index contributed by atoms with van der Waals surface area (Å²) in [7, 11) is 0. The van der Waals surface area contributed by atoms with E-state index in [0.29, 0.717) is 24.0 Å². The lowest BCUT2D eigenvalue weighted by molar-refractivity contribution is -0.129. The second-order valence-electron chi connectivity index (χ2n) is 12.0. The van der Waals surface area contributed by atoms with Crippen LogP contribution in [0.2, 0.25) is 10.0 Å². The van der Waals surface area contributed by atoms with Crippen LogP contribution in [0.25, 0.3) is 0 Å². The summed E-state index contributed by atoms with van der Waals surface area (Å²) in [6, 6.07) is 3.08. The van der Waals surface area contributed by atoms with Gasteiger partial charge in [-0.25, -0.2) is 0 Å². The number of ether oxygens (including phenoxy) is 1. The van der Waals surface area contributed by atoms with Gasteiger partial charge in [-0.15, -0.1) is 0 Å². The number of carbonyl (C=O) groups is 3. The van der Waals surface area contributed by atoms with Crippen LogP contribution in [0.3, 0.4) is 0 Å². The topological polar surface area (TPSA) is 84.5 Å². The molecule has 1 aromatic carbocycles. The Morgan fingerprint density at radius 1 is 0.897 bits per heavy atom. The summed E-state index contributed by atoms with van der Waals surface area (Å²) in [6.07, 6.45) is 13.1. The van der Waals surface area contributed by atoms with Crippen LogP contribution in [-0.2, 0) is 9.59 Å². The van der Waals surface area contributed by atoms with Crippen LogP contribution in [0, 0.1) is 23.2 Å². The molecule has 214 valence electrons. The quantitative estimate of drug-likeness (QED) is 0.135. The fraction of sp³-hybridized carbons (Fsp3) is 0.645. The van der Waals surface area contributed by atoms with E-state index in [9.17, 15) is 14.4 Å². The molecule has 2 N–H and O–H groups in total. The highest BCUT2D eigenvalue weighted by molar-refractivity contribution is 6.45. The maximum atomic E-state index is 12.6. The summed E-state index contributed by atoms with van der Waals surface area (Å²) in [6.45, 7) is 6.68. The fourth-order valence-corrected chi connectivity index (χ4v) is 7.79. The van der Waals surface area contributed by atoms with Gasteiger partial charge < -0.3 is 15.4 Å². The molecule has 0 saturated heterocycles. The molecule has 4 fully saturated rings. The first kappa shape index (κ1) is 29.9. The van der Waals surface area contributed by atoms with E-state index in [2.05, 4.69) is 17.2 Å². The molecule has 1 aromatic rings. The van der Waals surface area contributed by atoms with Gasteiger partial charge in [0.15, 0.2) is 12.4 Å². The lowest BCUT2D eigenvalue weighted by Gasteiger charge is -2.56. The molecular weight excluding hydrogens is 535 g/mol. The van der Waals surface area contributed by atoms with Gasteiger partial charge in [-0.2, -0.15) is 0 Å². The van der Waals surface area contributed by atoms with Crippen LogP contribution in [0.1, 0.15) is 94.3 Å². The number of benzene rings is 1. The molecule has 4 aliphatic carbocycles. The molecule has 6 nitrogen and oxygen atoms in total. The Morgan fingerprint density at radius 3 is 2.03 bits per heavy atom. The first-order chi connectivity index (χ1) is 18.7. The molecule has 2 amide bonds. The third kappa shape index (κ3) is 7.79. The molecule has 4 bridgehead atoms. The predicted octanol–water partition coefficient (Wildman–Crippen LogP) is 6.92. The first-order valence-electron chi connectivity index (χ1n) is 14.6. The molecule has 0 radical (unpaired) electrons. The second-order valence-corrected chi connectivity index (χ2v) is 12.8. The van der Waals surface area contributed by atoms with Crippen LogP contribution in [0.4, 0.5) is 0 Å². The highest BCUT2D eigenvalue weighted by atomic mass is 35.5. The number of Topliss-reactive ketones (excluding diaryl/α,β-unsaturated/α-hetero) is 1. The number of ketones is 1. The Hall–Kier alpha value is -2.05. The molecule has 0 aliphatic heterocycles. The van der Waals surface area contributed by atoms with Crippen molar-refractivity contribution >= 4 is 40.8 Å². The maximum absolute atomic E-state index is 12.6. The third-order valence-electron chi connectivity index (χ3n) is 8.85. The average Bonchev–Trinajstić information content (AvgIpc) is 2.89. The molecule has 0 unspecified atom stereocenters. The zero-order valence-corrected chi connectivity index (χ0v) is 24.6. The van der Waals surface area contributed by atoms with Crippen LogP contribution >= 0.6 is 23.2 Å². The molecule has 8 heteroatoms. The molecule has 0 heterocycles. The average molecular weight is 578 g/mol. The number of unbranched alkanes of at least 4 members (excludes halogenated alkanes) is 3. The van der Waals surface area contributed by atoms with Crippen molar-refractivity contribution in [2.45, 2.75) is 84.0 Å². The number of carbonyl (C=O) groups excluding carboxylic acids is 3. The summed E-state index contributed by atoms with van der Waals surface area (Å²) in [5, 5.41) is 6.20. The molecule has 4 saturated carbocycles. The molecule has 0 spiro atoms. The molecule has 0 atom stereocenters. The monoisotopic (exact) mass is 576 g/mol. The minimum atomic E-state index is -0.256. The van der Waals surface area contributed by atoms with E-state index >= 15 is 0 Å². The van der Waals surface area contributed by atoms with Crippen LogP contribution in [0.5, 0.6) is 5.75 Å². The van der Waals surface area contributed by atoms with E-state index in [1.165, 1.54) is 44.6 Å². The second kappa shape index (κ2) is 13.5. The minimum absolute atomic E-state index is 0.0955. The van der Waals surface area contributed by atoms with Gasteiger partial charge in [-0.05, 0) is 98.7 Å². The summed E-state index contributed by atoms with van der Waals surface area (Å²) in [5.74, 6) is 2.61. The van der Waals surface area contributed by atoms with Gasteiger partial charge in [0.05, 0.1) is 5.02 Å². The predicted molar refractivity (Wildman–Crippen MR) is 155 cm³/mol. The number of hydrogen-bond acceptors (Lipinski definition) is 4. The van der Waals surface area contributed by atoms with E-state index in [-0.39, 0.29) is 45.6 Å². The maximum Gasteiger partial charge on any atom is 0.257 e. The third-order valence-corrected chi connectivity index (χ3v) is 9.71. The summed E-state index contributed by atoms with van der Waals surface area (Å²) < 4.78 is 5.52. The number of nitrogens with one attached hydrogen (secondary N) is 2. The minimum Gasteiger partial charge on any atom is -0.482 e. The molecule has 0 aromatic heterocycles. The van der Waals surface area contributed by atoms with E-state index in [1.807, 2.05) is 6.92 Å². The largest absolute Gasteiger partial charge is 0.482 e. The smallest absolute Gasteiger partial charge is 0.257 e. The Kier molecular flexibility index (Phi) is 10.4. The lowest BCUT2D eigenvalue weighted by atomic mass is 9.49. The standard InChI is InChI=1S/C31H42Cl2N2O4/c1-3-20(2)30(38)24-8-9-25(29(33)28(24)32)39-19-27(37)35-11-7-5-4-6-10-34-26(36)18-31-15-21-12-22(16-31)14-23(13-21)17-31/h8-9,21-23H,2-7,10-19H2,1H3,(H,34,36)(H,35,37). The number of halogens is 2. The van der Waals surface area contributed by atoms with E-state index in [1.54, 1.807) is 6.07 Å². The summed E-state index contributed by atoms with van der Waals surface area (Å²) in [4.78, 5) is 37.1. The normalized spacial score (nSPS) is 24.8. The van der Waals surface area contributed by atoms with Crippen molar-refractivity contribution in [1.29, 1.82) is 0 Å². The van der Waals surface area contributed by atoms with Gasteiger partial charge in [0, 0.05) is 25.1 Å². The molecule has 4 aliphatic rings. The van der Waals surface area contributed by atoms with Gasteiger partial charge in [0.1, 0.15) is 10.8 Å².